The van der Waals surface area contributed by atoms with Crippen LogP contribution in [0.5, 0.6) is 0 Å². The van der Waals surface area contributed by atoms with Gasteiger partial charge in [-0.2, -0.15) is 0 Å². The zero-order chi connectivity index (χ0) is 9.56. The highest BCUT2D eigenvalue weighted by Gasteiger charge is 2.22. The molecule has 0 heterocycles. The van der Waals surface area contributed by atoms with Gasteiger partial charge in [-0.1, -0.05) is 19.8 Å². The second-order valence-corrected chi connectivity index (χ2v) is 2.93. The second-order valence-electron chi connectivity index (χ2n) is 2.93. The Morgan fingerprint density at radius 3 is 2.50 bits per heavy atom. The van der Waals surface area contributed by atoms with Gasteiger partial charge in [0.05, 0.1) is 0 Å². The van der Waals surface area contributed by atoms with Gasteiger partial charge >= 0.3 is 0 Å². The molecule has 0 radical (unpaired) electrons. The number of carbonyl (C=O) groups excluding carboxylic acids is 1. The van der Waals surface area contributed by atoms with E-state index in [0.29, 0.717) is 6.42 Å². The monoisotopic (exact) mass is 175 g/mol. The van der Waals surface area contributed by atoms with Crippen molar-refractivity contribution >= 4 is 5.91 Å². The number of primary amides is 1. The Hall–Kier alpha value is -0.610. The van der Waals surface area contributed by atoms with Gasteiger partial charge in [0.2, 0.25) is 5.91 Å². The molecule has 2 atom stereocenters. The number of aliphatic hydroxyl groups excluding tert-OH is 2. The molecular weight excluding hydrogens is 158 g/mol. The van der Waals surface area contributed by atoms with E-state index in [1.807, 2.05) is 6.92 Å². The third-order valence-electron chi connectivity index (χ3n) is 1.90. The summed E-state index contributed by atoms with van der Waals surface area (Å²) in [5, 5.41) is 18.0. The lowest BCUT2D eigenvalue weighted by atomic mass is 9.96. The van der Waals surface area contributed by atoms with Crippen molar-refractivity contribution in [3.63, 3.8) is 0 Å². The van der Waals surface area contributed by atoms with Crippen LogP contribution in [0.4, 0.5) is 0 Å². The van der Waals surface area contributed by atoms with Crippen molar-refractivity contribution in [3.8, 4) is 0 Å². The predicted octanol–water partition coefficient (Wildman–Crippen LogP) is -0.369. The molecule has 12 heavy (non-hydrogen) atoms. The molecule has 0 aromatic carbocycles. The van der Waals surface area contributed by atoms with Gasteiger partial charge in [-0.3, -0.25) is 4.79 Å². The Morgan fingerprint density at radius 1 is 1.58 bits per heavy atom. The van der Waals surface area contributed by atoms with Gasteiger partial charge in [-0.15, -0.1) is 0 Å². The van der Waals surface area contributed by atoms with Crippen molar-refractivity contribution in [2.45, 2.75) is 32.3 Å². The first kappa shape index (κ1) is 11.4. The molecule has 4 N–H and O–H groups in total. The molecule has 0 aliphatic carbocycles. The number of aliphatic hydroxyl groups is 2. The van der Waals surface area contributed by atoms with Gasteiger partial charge in [-0.25, -0.2) is 0 Å². The van der Waals surface area contributed by atoms with Gasteiger partial charge in [0.15, 0.2) is 0 Å². The van der Waals surface area contributed by atoms with Crippen LogP contribution in [0.2, 0.25) is 0 Å². The summed E-state index contributed by atoms with van der Waals surface area (Å²) in [7, 11) is 0. The number of nitrogens with two attached hydrogens (primary N) is 1. The van der Waals surface area contributed by atoms with Crippen LogP contribution >= 0.6 is 0 Å². The molecule has 0 aromatic rings. The van der Waals surface area contributed by atoms with E-state index in [2.05, 4.69) is 0 Å². The standard InChI is InChI=1S/C8H17NO3/c1-2-3-4-6(5-10)7(11)8(9)12/h6-7,10-11H,2-5H2,1H3,(H2,9,12). The molecule has 0 rings (SSSR count). The molecule has 0 aliphatic heterocycles. The number of hydrogen-bond donors (Lipinski definition) is 3. The van der Waals surface area contributed by atoms with Crippen molar-refractivity contribution in [2.24, 2.45) is 11.7 Å². The number of carbonyl (C=O) groups is 1. The summed E-state index contributed by atoms with van der Waals surface area (Å²) in [6.45, 7) is 1.81. The van der Waals surface area contributed by atoms with E-state index in [9.17, 15) is 9.90 Å². The normalized spacial score (nSPS) is 15.6. The van der Waals surface area contributed by atoms with Crippen LogP contribution in [0.3, 0.4) is 0 Å². The Bertz CT molecular complexity index is 138. The Morgan fingerprint density at radius 2 is 2.17 bits per heavy atom. The summed E-state index contributed by atoms with van der Waals surface area (Å²) in [6.07, 6.45) is 1.29. The summed E-state index contributed by atoms with van der Waals surface area (Å²) in [4.78, 5) is 10.5. The van der Waals surface area contributed by atoms with E-state index in [1.54, 1.807) is 0 Å². The lowest BCUT2D eigenvalue weighted by molar-refractivity contribution is -0.129. The average Bonchev–Trinajstić information content (AvgIpc) is 2.05. The maximum atomic E-state index is 10.5. The molecule has 0 aromatic heterocycles. The zero-order valence-electron chi connectivity index (χ0n) is 7.36. The molecule has 4 nitrogen and oxygen atoms in total. The second kappa shape index (κ2) is 5.97. The lowest BCUT2D eigenvalue weighted by Crippen LogP contribution is -2.36. The summed E-state index contributed by atoms with van der Waals surface area (Å²) < 4.78 is 0. The maximum Gasteiger partial charge on any atom is 0.246 e. The maximum absolute atomic E-state index is 10.5. The fraction of sp³-hybridized carbons (Fsp3) is 0.875. The number of hydrogen-bond acceptors (Lipinski definition) is 3. The minimum Gasteiger partial charge on any atom is -0.396 e. The molecule has 1 amide bonds. The molecule has 4 heteroatoms. The summed E-state index contributed by atoms with van der Waals surface area (Å²) in [5.74, 6) is -1.16. The first-order chi connectivity index (χ1) is 5.63. The predicted molar refractivity (Wildman–Crippen MR) is 45.3 cm³/mol. The highest BCUT2D eigenvalue weighted by atomic mass is 16.3. The molecular formula is C8H17NO3. The number of amides is 1. The third-order valence-corrected chi connectivity index (χ3v) is 1.90. The number of unbranched alkanes of at least 4 members (excludes halogenated alkanes) is 1. The Kier molecular flexibility index (Phi) is 5.66. The van der Waals surface area contributed by atoms with Crippen molar-refractivity contribution < 1.29 is 15.0 Å². The topological polar surface area (TPSA) is 83.6 Å². The van der Waals surface area contributed by atoms with Crippen molar-refractivity contribution in [3.05, 3.63) is 0 Å². The van der Waals surface area contributed by atoms with Gasteiger partial charge in [0.25, 0.3) is 0 Å². The number of rotatable bonds is 6. The first-order valence-electron chi connectivity index (χ1n) is 4.21. The highest BCUT2D eigenvalue weighted by molar-refractivity contribution is 5.78. The van der Waals surface area contributed by atoms with Crippen LogP contribution in [-0.2, 0) is 4.79 Å². The van der Waals surface area contributed by atoms with Gasteiger partial charge in [0, 0.05) is 12.5 Å². The van der Waals surface area contributed by atoms with Gasteiger partial charge in [0.1, 0.15) is 6.10 Å². The van der Waals surface area contributed by atoms with Crippen molar-refractivity contribution in [1.82, 2.24) is 0 Å². The first-order valence-corrected chi connectivity index (χ1v) is 4.21. The minimum absolute atomic E-state index is 0.190. The van der Waals surface area contributed by atoms with Crippen LogP contribution in [0, 0.1) is 5.92 Å². The largest absolute Gasteiger partial charge is 0.396 e. The average molecular weight is 175 g/mol. The van der Waals surface area contributed by atoms with E-state index in [0.717, 1.165) is 12.8 Å². The van der Waals surface area contributed by atoms with Gasteiger partial charge < -0.3 is 15.9 Å². The van der Waals surface area contributed by atoms with Crippen LogP contribution in [0.25, 0.3) is 0 Å². The van der Waals surface area contributed by atoms with Crippen molar-refractivity contribution in [1.29, 1.82) is 0 Å². The molecule has 0 saturated carbocycles. The molecule has 0 fully saturated rings. The van der Waals surface area contributed by atoms with Crippen molar-refractivity contribution in [2.75, 3.05) is 6.61 Å². The van der Waals surface area contributed by atoms with E-state index in [1.165, 1.54) is 0 Å². The summed E-state index contributed by atoms with van der Waals surface area (Å²) >= 11 is 0. The van der Waals surface area contributed by atoms with Crippen LogP contribution in [-0.4, -0.2) is 28.8 Å². The van der Waals surface area contributed by atoms with Crippen LogP contribution in [0.15, 0.2) is 0 Å². The van der Waals surface area contributed by atoms with Crippen LogP contribution in [0.1, 0.15) is 26.2 Å². The third kappa shape index (κ3) is 3.69. The van der Waals surface area contributed by atoms with E-state index >= 15 is 0 Å². The summed E-state index contributed by atoms with van der Waals surface area (Å²) in [6, 6.07) is 0. The van der Waals surface area contributed by atoms with E-state index in [4.69, 9.17) is 10.8 Å². The molecule has 0 bridgehead atoms. The zero-order valence-corrected chi connectivity index (χ0v) is 7.36. The molecule has 2 unspecified atom stereocenters. The molecule has 72 valence electrons. The Balaban J connectivity index is 3.87. The smallest absolute Gasteiger partial charge is 0.246 e. The Labute approximate surface area is 72.4 Å². The minimum atomic E-state index is -1.21. The van der Waals surface area contributed by atoms with Crippen LogP contribution < -0.4 is 5.73 Å². The van der Waals surface area contributed by atoms with Gasteiger partial charge in [-0.05, 0) is 6.42 Å². The summed E-state index contributed by atoms with van der Waals surface area (Å²) in [5.41, 5.74) is 4.88. The SMILES string of the molecule is CCCCC(CO)C(O)C(N)=O. The lowest BCUT2D eigenvalue weighted by Gasteiger charge is -2.17. The van der Waals surface area contributed by atoms with E-state index < -0.39 is 17.9 Å². The molecule has 0 spiro atoms. The van der Waals surface area contributed by atoms with E-state index in [-0.39, 0.29) is 6.61 Å². The molecule has 0 saturated heterocycles. The fourth-order valence-corrected chi connectivity index (χ4v) is 1.05. The molecule has 0 aliphatic rings. The highest BCUT2D eigenvalue weighted by Crippen LogP contribution is 2.12. The quantitative estimate of drug-likeness (QED) is 0.515. The fourth-order valence-electron chi connectivity index (χ4n) is 1.05.